The Labute approximate surface area is 113 Å². The SMILES string of the molecule is O=C(Oc1ccc(Cl)cc1)C(C1=NCCN1)[N+](=O)[O-]. The minimum absolute atomic E-state index is 0.0314. The summed E-state index contributed by atoms with van der Waals surface area (Å²) < 4.78 is 4.95. The van der Waals surface area contributed by atoms with Gasteiger partial charge in [-0.2, -0.15) is 0 Å². The summed E-state index contributed by atoms with van der Waals surface area (Å²) in [6, 6.07) is 4.34. The molecule has 1 aromatic rings. The quantitative estimate of drug-likeness (QED) is 0.383. The third kappa shape index (κ3) is 3.19. The van der Waals surface area contributed by atoms with E-state index in [4.69, 9.17) is 16.3 Å². The smallest absolute Gasteiger partial charge is 0.395 e. The third-order valence-corrected chi connectivity index (χ3v) is 2.68. The summed E-state index contributed by atoms with van der Waals surface area (Å²) in [7, 11) is 0. The monoisotopic (exact) mass is 283 g/mol. The predicted octanol–water partition coefficient (Wildman–Crippen LogP) is 0.892. The van der Waals surface area contributed by atoms with Crippen molar-refractivity contribution in [2.75, 3.05) is 13.1 Å². The first-order valence-corrected chi connectivity index (χ1v) is 5.84. The summed E-state index contributed by atoms with van der Waals surface area (Å²) in [5.74, 6) is -0.760. The number of aliphatic imine (C=N–C) groups is 1. The summed E-state index contributed by atoms with van der Waals surface area (Å²) in [5, 5.41) is 14.1. The second-order valence-corrected chi connectivity index (χ2v) is 4.19. The van der Waals surface area contributed by atoms with Crippen molar-refractivity contribution in [1.29, 1.82) is 0 Å². The van der Waals surface area contributed by atoms with Crippen LogP contribution in [-0.4, -0.2) is 35.9 Å². The fourth-order valence-corrected chi connectivity index (χ4v) is 1.70. The molecule has 1 aliphatic heterocycles. The molecule has 7 nitrogen and oxygen atoms in total. The van der Waals surface area contributed by atoms with Gasteiger partial charge in [0.15, 0.2) is 5.84 Å². The number of halogens is 1. The standard InChI is InChI=1S/C11H10ClN3O4/c12-7-1-3-8(4-2-7)19-11(16)9(15(17)18)10-13-5-6-14-10/h1-4,9H,5-6H2,(H,13,14). The zero-order valence-corrected chi connectivity index (χ0v) is 10.5. The van der Waals surface area contributed by atoms with Gasteiger partial charge in [0.05, 0.1) is 6.54 Å². The summed E-state index contributed by atoms with van der Waals surface area (Å²) in [6.45, 7) is 0.891. The number of nitro groups is 1. The van der Waals surface area contributed by atoms with Crippen molar-refractivity contribution in [2.45, 2.75) is 6.04 Å². The molecule has 0 fully saturated rings. The van der Waals surface area contributed by atoms with Crippen molar-refractivity contribution in [3.63, 3.8) is 0 Å². The highest BCUT2D eigenvalue weighted by Gasteiger charge is 2.39. The molecule has 19 heavy (non-hydrogen) atoms. The average molecular weight is 284 g/mol. The number of benzene rings is 1. The first kappa shape index (κ1) is 13.3. The highest BCUT2D eigenvalue weighted by Crippen LogP contribution is 2.16. The minimum atomic E-state index is -1.63. The zero-order chi connectivity index (χ0) is 13.8. The van der Waals surface area contributed by atoms with Crippen LogP contribution in [0, 0.1) is 10.1 Å². The van der Waals surface area contributed by atoms with E-state index in [0.29, 0.717) is 18.1 Å². The molecule has 0 aliphatic carbocycles. The Balaban J connectivity index is 2.12. The Kier molecular flexibility index (Phi) is 3.96. The fraction of sp³-hybridized carbons (Fsp3) is 0.273. The van der Waals surface area contributed by atoms with E-state index in [-0.39, 0.29) is 11.6 Å². The number of nitrogens with one attached hydrogen (secondary N) is 1. The molecule has 0 amide bonds. The lowest BCUT2D eigenvalue weighted by molar-refractivity contribution is -0.491. The van der Waals surface area contributed by atoms with Crippen molar-refractivity contribution < 1.29 is 14.5 Å². The number of carbonyl (C=O) groups is 1. The van der Waals surface area contributed by atoms with Gasteiger partial charge in [0.2, 0.25) is 0 Å². The highest BCUT2D eigenvalue weighted by molar-refractivity contribution is 6.30. The van der Waals surface area contributed by atoms with Gasteiger partial charge < -0.3 is 10.1 Å². The van der Waals surface area contributed by atoms with Crippen LogP contribution in [0.15, 0.2) is 29.3 Å². The van der Waals surface area contributed by atoms with E-state index in [1.165, 1.54) is 24.3 Å². The lowest BCUT2D eigenvalue weighted by atomic mass is 10.3. The maximum Gasteiger partial charge on any atom is 0.395 e. The number of amidine groups is 1. The van der Waals surface area contributed by atoms with Crippen molar-refractivity contribution in [1.82, 2.24) is 5.32 Å². The van der Waals surface area contributed by atoms with Crippen molar-refractivity contribution in [3.8, 4) is 5.75 Å². The Morgan fingerprint density at radius 3 is 2.68 bits per heavy atom. The number of carbonyl (C=O) groups excluding carboxylic acids is 1. The molecule has 0 aromatic heterocycles. The molecular weight excluding hydrogens is 274 g/mol. The number of nitrogens with zero attached hydrogens (tertiary/aromatic N) is 2. The molecule has 1 aliphatic rings. The van der Waals surface area contributed by atoms with Gasteiger partial charge in [-0.05, 0) is 24.3 Å². The predicted molar refractivity (Wildman–Crippen MR) is 68.2 cm³/mol. The van der Waals surface area contributed by atoms with Crippen LogP contribution in [0.1, 0.15) is 0 Å². The van der Waals surface area contributed by atoms with Crippen LogP contribution in [0.3, 0.4) is 0 Å². The molecule has 1 N–H and O–H groups in total. The molecule has 1 unspecified atom stereocenters. The van der Waals surface area contributed by atoms with Crippen LogP contribution in [0.2, 0.25) is 5.02 Å². The minimum Gasteiger partial charge on any atom is -0.421 e. The molecule has 0 saturated carbocycles. The summed E-state index contributed by atoms with van der Waals surface area (Å²) in [6.07, 6.45) is 0. The van der Waals surface area contributed by atoms with Crippen molar-refractivity contribution >= 4 is 23.4 Å². The molecule has 1 heterocycles. The van der Waals surface area contributed by atoms with E-state index in [0.717, 1.165) is 0 Å². The molecule has 100 valence electrons. The largest absolute Gasteiger partial charge is 0.421 e. The molecule has 0 saturated heterocycles. The Bertz CT molecular complexity index is 529. The van der Waals surface area contributed by atoms with Crippen LogP contribution in [-0.2, 0) is 4.79 Å². The molecule has 0 radical (unpaired) electrons. The maximum atomic E-state index is 11.8. The van der Waals surface area contributed by atoms with Crippen LogP contribution >= 0.6 is 11.6 Å². The van der Waals surface area contributed by atoms with Gasteiger partial charge >= 0.3 is 12.0 Å². The van der Waals surface area contributed by atoms with Gasteiger partial charge in [-0.3, -0.25) is 15.1 Å². The molecule has 1 aromatic carbocycles. The molecular formula is C11H10ClN3O4. The van der Waals surface area contributed by atoms with E-state index in [9.17, 15) is 14.9 Å². The fourth-order valence-electron chi connectivity index (χ4n) is 1.57. The van der Waals surface area contributed by atoms with Crippen molar-refractivity contribution in [2.24, 2.45) is 4.99 Å². The Hall–Kier alpha value is -2.15. The van der Waals surface area contributed by atoms with Crippen LogP contribution in [0.4, 0.5) is 0 Å². The highest BCUT2D eigenvalue weighted by atomic mass is 35.5. The summed E-state index contributed by atoms with van der Waals surface area (Å²) >= 11 is 5.69. The number of hydrogen-bond donors (Lipinski definition) is 1. The van der Waals surface area contributed by atoms with E-state index in [1.54, 1.807) is 0 Å². The second-order valence-electron chi connectivity index (χ2n) is 3.76. The van der Waals surface area contributed by atoms with Crippen LogP contribution in [0.25, 0.3) is 0 Å². The van der Waals surface area contributed by atoms with Crippen molar-refractivity contribution in [3.05, 3.63) is 39.4 Å². The van der Waals surface area contributed by atoms with Gasteiger partial charge in [0.25, 0.3) is 0 Å². The molecule has 0 bridgehead atoms. The third-order valence-electron chi connectivity index (χ3n) is 2.43. The van der Waals surface area contributed by atoms with E-state index < -0.39 is 16.9 Å². The van der Waals surface area contributed by atoms with E-state index in [2.05, 4.69) is 10.3 Å². The first-order chi connectivity index (χ1) is 9.08. The van der Waals surface area contributed by atoms with Gasteiger partial charge in [0.1, 0.15) is 5.75 Å². The van der Waals surface area contributed by atoms with Gasteiger partial charge in [-0.25, -0.2) is 4.79 Å². The van der Waals surface area contributed by atoms with E-state index in [1.807, 2.05) is 0 Å². The average Bonchev–Trinajstić information content (AvgIpc) is 2.85. The molecule has 2 rings (SSSR count). The number of ether oxygens (including phenoxy) is 1. The van der Waals surface area contributed by atoms with Gasteiger partial charge in [-0.1, -0.05) is 11.6 Å². The topological polar surface area (TPSA) is 93.8 Å². The normalized spacial score (nSPS) is 15.3. The lowest BCUT2D eigenvalue weighted by Gasteiger charge is -2.09. The summed E-state index contributed by atoms with van der Waals surface area (Å²) in [5.41, 5.74) is 0. The first-order valence-electron chi connectivity index (χ1n) is 5.47. The van der Waals surface area contributed by atoms with Crippen LogP contribution < -0.4 is 10.1 Å². The lowest BCUT2D eigenvalue weighted by Crippen LogP contribution is -2.45. The number of hydrogen-bond acceptors (Lipinski definition) is 6. The van der Waals surface area contributed by atoms with Gasteiger partial charge in [0, 0.05) is 16.5 Å². The van der Waals surface area contributed by atoms with Gasteiger partial charge in [-0.15, -0.1) is 0 Å². The second kappa shape index (κ2) is 5.66. The Morgan fingerprint density at radius 2 is 2.16 bits per heavy atom. The maximum absolute atomic E-state index is 11.8. The number of esters is 1. The number of rotatable bonds is 4. The molecule has 1 atom stereocenters. The van der Waals surface area contributed by atoms with E-state index >= 15 is 0 Å². The molecule has 0 spiro atoms. The van der Waals surface area contributed by atoms with Crippen LogP contribution in [0.5, 0.6) is 5.75 Å². The Morgan fingerprint density at radius 1 is 1.47 bits per heavy atom. The zero-order valence-electron chi connectivity index (χ0n) is 9.71. The molecule has 8 heteroatoms. The summed E-state index contributed by atoms with van der Waals surface area (Å²) in [4.78, 5) is 25.9.